The Labute approximate surface area is 162 Å². The Morgan fingerprint density at radius 1 is 1.11 bits per heavy atom. The van der Waals surface area contributed by atoms with E-state index >= 15 is 0 Å². The average molecular weight is 375 g/mol. The predicted octanol–water partition coefficient (Wildman–Crippen LogP) is 5.69. The van der Waals surface area contributed by atoms with Gasteiger partial charge in [-0.05, 0) is 37.3 Å². The number of hydrogen-bond donors (Lipinski definition) is 0. The lowest BCUT2D eigenvalue weighted by Gasteiger charge is -2.14. The van der Waals surface area contributed by atoms with Gasteiger partial charge in [0.25, 0.3) is 0 Å². The zero-order valence-corrected chi connectivity index (χ0v) is 16.0. The van der Waals surface area contributed by atoms with Crippen LogP contribution in [0.15, 0.2) is 67.3 Å². The van der Waals surface area contributed by atoms with E-state index in [1.54, 1.807) is 17.5 Å². The molecule has 4 aromatic rings. The van der Waals surface area contributed by atoms with Crippen LogP contribution in [0, 0.1) is 0 Å². The molecule has 4 rings (SSSR count). The van der Waals surface area contributed by atoms with Gasteiger partial charge in [0.15, 0.2) is 0 Å². The van der Waals surface area contributed by atoms with Crippen molar-refractivity contribution in [2.75, 3.05) is 6.61 Å². The minimum Gasteiger partial charge on any atom is -0.493 e. The Morgan fingerprint density at radius 2 is 1.96 bits per heavy atom. The minimum atomic E-state index is 0.359. The van der Waals surface area contributed by atoms with Crippen molar-refractivity contribution in [3.8, 4) is 5.75 Å². The monoisotopic (exact) mass is 375 g/mol. The van der Waals surface area contributed by atoms with E-state index in [1.165, 1.54) is 4.70 Å². The summed E-state index contributed by atoms with van der Waals surface area (Å²) < 4.78 is 9.35. The van der Waals surface area contributed by atoms with Gasteiger partial charge in [0.05, 0.1) is 23.2 Å². The molecule has 2 aromatic heterocycles. The van der Waals surface area contributed by atoms with E-state index in [1.807, 2.05) is 48.9 Å². The highest BCUT2D eigenvalue weighted by Gasteiger charge is 2.06. The second kappa shape index (κ2) is 8.18. The smallest absolute Gasteiger partial charge is 0.126 e. The highest BCUT2D eigenvalue weighted by molar-refractivity contribution is 7.19. The van der Waals surface area contributed by atoms with Gasteiger partial charge in [-0.25, -0.2) is 9.97 Å². The van der Waals surface area contributed by atoms with Crippen molar-refractivity contribution in [3.63, 3.8) is 0 Å². The molecule has 1 atom stereocenters. The number of imidazole rings is 1. The number of hydrogen-bond acceptors (Lipinski definition) is 4. The standard InChI is InChI=1S/C22H21N3OS/c1-17(25-14-13-23-16-25)12-15-26-20-8-4-2-6-18(20)10-11-22-24-19-7-3-5-9-21(19)27-22/h2-11,13-14,16-17H,12,15H2,1H3/b11-10+. The van der Waals surface area contributed by atoms with Gasteiger partial charge in [-0.2, -0.15) is 0 Å². The quantitative estimate of drug-likeness (QED) is 0.416. The van der Waals surface area contributed by atoms with Gasteiger partial charge in [-0.3, -0.25) is 0 Å². The lowest BCUT2D eigenvalue weighted by atomic mass is 10.2. The van der Waals surface area contributed by atoms with Crippen LogP contribution < -0.4 is 4.74 Å². The Bertz CT molecular complexity index is 1000. The number of para-hydroxylation sites is 2. The maximum atomic E-state index is 6.05. The fourth-order valence-electron chi connectivity index (χ4n) is 2.89. The van der Waals surface area contributed by atoms with Crippen LogP contribution >= 0.6 is 11.3 Å². The summed E-state index contributed by atoms with van der Waals surface area (Å²) in [5, 5.41) is 1.000. The lowest BCUT2D eigenvalue weighted by molar-refractivity contribution is 0.283. The summed E-state index contributed by atoms with van der Waals surface area (Å²) >= 11 is 1.70. The summed E-state index contributed by atoms with van der Waals surface area (Å²) in [5.41, 5.74) is 2.10. The third kappa shape index (κ3) is 4.26. The number of aromatic nitrogens is 3. The first-order chi connectivity index (χ1) is 13.3. The Morgan fingerprint density at radius 3 is 2.81 bits per heavy atom. The Hall–Kier alpha value is -2.92. The molecule has 1 unspecified atom stereocenters. The molecule has 0 aliphatic rings. The number of thiazole rings is 1. The molecular formula is C22H21N3OS. The van der Waals surface area contributed by atoms with Crippen molar-refractivity contribution in [2.24, 2.45) is 0 Å². The zero-order chi connectivity index (χ0) is 18.5. The van der Waals surface area contributed by atoms with E-state index in [0.717, 1.165) is 28.3 Å². The summed E-state index contributed by atoms with van der Waals surface area (Å²) in [4.78, 5) is 8.75. The van der Waals surface area contributed by atoms with E-state index in [0.29, 0.717) is 12.6 Å². The predicted molar refractivity (Wildman–Crippen MR) is 112 cm³/mol. The van der Waals surface area contributed by atoms with Crippen molar-refractivity contribution in [1.29, 1.82) is 0 Å². The molecule has 0 fully saturated rings. The van der Waals surface area contributed by atoms with E-state index in [9.17, 15) is 0 Å². The van der Waals surface area contributed by atoms with Crippen LogP contribution in [0.2, 0.25) is 0 Å². The fourth-order valence-corrected chi connectivity index (χ4v) is 3.76. The van der Waals surface area contributed by atoms with E-state index in [2.05, 4.69) is 45.7 Å². The van der Waals surface area contributed by atoms with E-state index in [-0.39, 0.29) is 0 Å². The van der Waals surface area contributed by atoms with E-state index < -0.39 is 0 Å². The first kappa shape index (κ1) is 17.5. The molecule has 0 bridgehead atoms. The lowest BCUT2D eigenvalue weighted by Crippen LogP contribution is -2.08. The largest absolute Gasteiger partial charge is 0.493 e. The van der Waals surface area contributed by atoms with Crippen LogP contribution in [0.4, 0.5) is 0 Å². The SMILES string of the molecule is CC(CCOc1ccccc1/C=C/c1nc2ccccc2s1)n1ccnc1. The molecule has 136 valence electrons. The van der Waals surface area contributed by atoms with Gasteiger partial charge in [0.1, 0.15) is 10.8 Å². The highest BCUT2D eigenvalue weighted by atomic mass is 32.1. The highest BCUT2D eigenvalue weighted by Crippen LogP contribution is 2.25. The number of nitrogens with zero attached hydrogens (tertiary/aromatic N) is 3. The summed E-state index contributed by atoms with van der Waals surface area (Å²) in [6.07, 6.45) is 10.7. The molecule has 0 radical (unpaired) electrons. The maximum Gasteiger partial charge on any atom is 0.126 e. The van der Waals surface area contributed by atoms with Crippen LogP contribution in [0.3, 0.4) is 0 Å². The molecule has 5 heteroatoms. The topological polar surface area (TPSA) is 39.9 Å². The van der Waals surface area contributed by atoms with Gasteiger partial charge in [-0.1, -0.05) is 30.3 Å². The first-order valence-corrected chi connectivity index (χ1v) is 9.84. The summed E-state index contributed by atoms with van der Waals surface area (Å²) in [6, 6.07) is 16.7. The zero-order valence-electron chi connectivity index (χ0n) is 15.2. The van der Waals surface area contributed by atoms with Crippen molar-refractivity contribution >= 4 is 33.7 Å². The molecule has 0 amide bonds. The van der Waals surface area contributed by atoms with Gasteiger partial charge < -0.3 is 9.30 Å². The van der Waals surface area contributed by atoms with Crippen molar-refractivity contribution in [3.05, 3.63) is 77.8 Å². The van der Waals surface area contributed by atoms with Gasteiger partial charge in [0, 0.05) is 30.4 Å². The molecule has 27 heavy (non-hydrogen) atoms. The van der Waals surface area contributed by atoms with E-state index in [4.69, 9.17) is 4.74 Å². The van der Waals surface area contributed by atoms with Crippen LogP contribution in [-0.2, 0) is 0 Å². The van der Waals surface area contributed by atoms with Crippen LogP contribution in [0.1, 0.15) is 30.0 Å². The summed E-state index contributed by atoms with van der Waals surface area (Å²) in [6.45, 7) is 2.83. The molecule has 2 heterocycles. The third-order valence-corrected chi connectivity index (χ3v) is 5.46. The molecular weight excluding hydrogens is 354 g/mol. The average Bonchev–Trinajstić information content (AvgIpc) is 3.36. The van der Waals surface area contributed by atoms with Crippen molar-refractivity contribution in [1.82, 2.24) is 14.5 Å². The third-order valence-electron chi connectivity index (χ3n) is 4.46. The normalized spacial score (nSPS) is 12.6. The Balaban J connectivity index is 1.43. The van der Waals surface area contributed by atoms with Gasteiger partial charge >= 0.3 is 0 Å². The second-order valence-corrected chi connectivity index (χ2v) is 7.45. The molecule has 2 aromatic carbocycles. The molecule has 0 saturated carbocycles. The maximum absolute atomic E-state index is 6.05. The van der Waals surface area contributed by atoms with Crippen LogP contribution in [0.25, 0.3) is 22.4 Å². The second-order valence-electron chi connectivity index (χ2n) is 6.39. The number of fused-ring (bicyclic) bond motifs is 1. The summed E-state index contributed by atoms with van der Waals surface area (Å²) in [7, 11) is 0. The van der Waals surface area contributed by atoms with Crippen molar-refractivity contribution < 1.29 is 4.74 Å². The molecule has 4 nitrogen and oxygen atoms in total. The molecule has 0 spiro atoms. The van der Waals surface area contributed by atoms with Crippen molar-refractivity contribution in [2.45, 2.75) is 19.4 Å². The molecule has 0 aliphatic carbocycles. The minimum absolute atomic E-state index is 0.359. The number of benzene rings is 2. The molecule has 0 saturated heterocycles. The summed E-state index contributed by atoms with van der Waals surface area (Å²) in [5.74, 6) is 0.896. The first-order valence-electron chi connectivity index (χ1n) is 9.02. The number of rotatable bonds is 7. The molecule has 0 N–H and O–H groups in total. The molecule has 0 aliphatic heterocycles. The van der Waals surface area contributed by atoms with Gasteiger partial charge in [-0.15, -0.1) is 11.3 Å². The Kier molecular flexibility index (Phi) is 5.30. The van der Waals surface area contributed by atoms with Crippen LogP contribution in [-0.4, -0.2) is 21.1 Å². The van der Waals surface area contributed by atoms with Crippen LogP contribution in [0.5, 0.6) is 5.75 Å². The number of ether oxygens (including phenoxy) is 1. The fraction of sp³-hybridized carbons (Fsp3) is 0.182. The van der Waals surface area contributed by atoms with Gasteiger partial charge in [0.2, 0.25) is 0 Å².